The minimum Gasteiger partial charge on any atom is -0.312 e. The Hall–Kier alpha value is -0.780. The topological polar surface area (TPSA) is 32.3 Å². The molecular formula is C15H20ClFN2OS. The van der Waals surface area contributed by atoms with Crippen molar-refractivity contribution in [3.63, 3.8) is 0 Å². The highest BCUT2D eigenvalue weighted by Crippen LogP contribution is 2.28. The van der Waals surface area contributed by atoms with Gasteiger partial charge < -0.3 is 10.2 Å². The molecule has 21 heavy (non-hydrogen) atoms. The molecule has 1 amide bonds. The van der Waals surface area contributed by atoms with Gasteiger partial charge in [-0.3, -0.25) is 4.79 Å². The van der Waals surface area contributed by atoms with Gasteiger partial charge in [-0.15, -0.1) is 12.4 Å². The van der Waals surface area contributed by atoms with Gasteiger partial charge in [-0.1, -0.05) is 0 Å². The SMILES string of the molecule is Cl.O=C(CC1CSCCN1)N1CCCc2cc(F)ccc21. The fourth-order valence-electron chi connectivity index (χ4n) is 2.90. The summed E-state index contributed by atoms with van der Waals surface area (Å²) in [5, 5.41) is 3.39. The average Bonchev–Trinajstić information content (AvgIpc) is 2.47. The minimum absolute atomic E-state index is 0. The zero-order valence-electron chi connectivity index (χ0n) is 11.8. The first kappa shape index (κ1) is 16.6. The van der Waals surface area contributed by atoms with Crippen molar-refractivity contribution in [3.8, 4) is 0 Å². The van der Waals surface area contributed by atoms with Crippen molar-refractivity contribution in [2.45, 2.75) is 25.3 Å². The summed E-state index contributed by atoms with van der Waals surface area (Å²) in [5.41, 5.74) is 1.85. The molecule has 0 aliphatic carbocycles. The van der Waals surface area contributed by atoms with Gasteiger partial charge in [-0.25, -0.2) is 4.39 Å². The molecule has 1 aromatic carbocycles. The molecule has 0 bridgehead atoms. The Bertz CT molecular complexity index is 508. The van der Waals surface area contributed by atoms with E-state index in [2.05, 4.69) is 5.32 Å². The monoisotopic (exact) mass is 330 g/mol. The zero-order valence-corrected chi connectivity index (χ0v) is 13.4. The Morgan fingerprint density at radius 3 is 3.10 bits per heavy atom. The molecule has 0 radical (unpaired) electrons. The lowest BCUT2D eigenvalue weighted by atomic mass is 10.0. The summed E-state index contributed by atoms with van der Waals surface area (Å²) in [6.45, 7) is 1.72. The van der Waals surface area contributed by atoms with Crippen LogP contribution < -0.4 is 10.2 Å². The Kier molecular flexibility index (Phi) is 5.90. The van der Waals surface area contributed by atoms with Crippen LogP contribution >= 0.6 is 24.2 Å². The van der Waals surface area contributed by atoms with E-state index < -0.39 is 0 Å². The first-order chi connectivity index (χ1) is 9.74. The van der Waals surface area contributed by atoms with E-state index in [0.717, 1.165) is 48.7 Å². The summed E-state index contributed by atoms with van der Waals surface area (Å²) < 4.78 is 13.3. The van der Waals surface area contributed by atoms with E-state index in [1.54, 1.807) is 12.1 Å². The van der Waals surface area contributed by atoms with Crippen LogP contribution in [-0.2, 0) is 11.2 Å². The number of carbonyl (C=O) groups is 1. The number of fused-ring (bicyclic) bond motifs is 1. The van der Waals surface area contributed by atoms with Gasteiger partial charge in [0.05, 0.1) is 0 Å². The number of hydrogen-bond acceptors (Lipinski definition) is 3. The molecule has 0 spiro atoms. The Labute approximate surface area is 135 Å². The van der Waals surface area contributed by atoms with Crippen LogP contribution in [0.5, 0.6) is 0 Å². The molecule has 6 heteroatoms. The van der Waals surface area contributed by atoms with E-state index in [4.69, 9.17) is 0 Å². The molecule has 1 fully saturated rings. The maximum absolute atomic E-state index is 13.3. The molecule has 1 aromatic rings. The summed E-state index contributed by atoms with van der Waals surface area (Å²) in [6.07, 6.45) is 2.30. The lowest BCUT2D eigenvalue weighted by Crippen LogP contribution is -2.44. The molecule has 1 atom stereocenters. The molecule has 3 nitrogen and oxygen atoms in total. The minimum atomic E-state index is -0.219. The third kappa shape index (κ3) is 3.90. The van der Waals surface area contributed by atoms with Crippen molar-refractivity contribution in [1.82, 2.24) is 5.32 Å². The number of benzene rings is 1. The molecule has 0 saturated carbocycles. The number of amides is 1. The summed E-state index contributed by atoms with van der Waals surface area (Å²) in [7, 11) is 0. The average molecular weight is 331 g/mol. The standard InChI is InChI=1S/C15H19FN2OS.ClH/c16-12-3-4-14-11(8-12)2-1-6-18(14)15(19)9-13-10-20-7-5-17-13;/h3-4,8,13,17H,1-2,5-7,9-10H2;1H. The zero-order chi connectivity index (χ0) is 13.9. The van der Waals surface area contributed by atoms with Crippen molar-refractivity contribution in [1.29, 1.82) is 0 Å². The van der Waals surface area contributed by atoms with Crippen LogP contribution in [0.1, 0.15) is 18.4 Å². The molecule has 0 aromatic heterocycles. The number of carbonyl (C=O) groups excluding carboxylic acids is 1. The van der Waals surface area contributed by atoms with Gasteiger partial charge in [-0.2, -0.15) is 11.8 Å². The number of nitrogens with one attached hydrogen (secondary N) is 1. The molecule has 2 heterocycles. The molecule has 2 aliphatic rings. The van der Waals surface area contributed by atoms with Gasteiger partial charge >= 0.3 is 0 Å². The molecule has 2 aliphatic heterocycles. The number of hydrogen-bond donors (Lipinski definition) is 1. The highest BCUT2D eigenvalue weighted by Gasteiger charge is 2.25. The molecule has 3 rings (SSSR count). The normalized spacial score (nSPS) is 21.4. The van der Waals surface area contributed by atoms with E-state index in [9.17, 15) is 9.18 Å². The van der Waals surface area contributed by atoms with Crippen LogP contribution in [0.2, 0.25) is 0 Å². The molecular weight excluding hydrogens is 311 g/mol. The van der Waals surface area contributed by atoms with Crippen molar-refractivity contribution in [3.05, 3.63) is 29.6 Å². The first-order valence-electron chi connectivity index (χ1n) is 7.14. The van der Waals surface area contributed by atoms with Gasteiger partial charge in [0.2, 0.25) is 5.91 Å². The van der Waals surface area contributed by atoms with E-state index in [-0.39, 0.29) is 30.2 Å². The Morgan fingerprint density at radius 1 is 1.48 bits per heavy atom. The molecule has 1 N–H and O–H groups in total. The van der Waals surface area contributed by atoms with Crippen LogP contribution in [-0.4, -0.2) is 36.5 Å². The van der Waals surface area contributed by atoms with Crippen LogP contribution in [0.15, 0.2) is 18.2 Å². The van der Waals surface area contributed by atoms with Gasteiger partial charge in [0.1, 0.15) is 5.82 Å². The van der Waals surface area contributed by atoms with E-state index >= 15 is 0 Å². The largest absolute Gasteiger partial charge is 0.312 e. The number of aryl methyl sites for hydroxylation is 1. The maximum Gasteiger partial charge on any atom is 0.228 e. The van der Waals surface area contributed by atoms with Crippen LogP contribution in [0.4, 0.5) is 10.1 Å². The highest BCUT2D eigenvalue weighted by atomic mass is 35.5. The first-order valence-corrected chi connectivity index (χ1v) is 8.29. The fraction of sp³-hybridized carbons (Fsp3) is 0.533. The second-order valence-corrected chi connectivity index (χ2v) is 6.50. The van der Waals surface area contributed by atoms with Crippen LogP contribution in [0.25, 0.3) is 0 Å². The summed E-state index contributed by atoms with van der Waals surface area (Å²) in [6, 6.07) is 5.01. The molecule has 1 unspecified atom stereocenters. The predicted molar refractivity (Wildman–Crippen MR) is 88.1 cm³/mol. The molecule has 1 saturated heterocycles. The highest BCUT2D eigenvalue weighted by molar-refractivity contribution is 7.99. The Balaban J connectivity index is 0.00000161. The number of nitrogens with zero attached hydrogens (tertiary/aromatic N) is 1. The van der Waals surface area contributed by atoms with Crippen LogP contribution in [0, 0.1) is 5.82 Å². The van der Waals surface area contributed by atoms with Crippen LogP contribution in [0.3, 0.4) is 0 Å². The van der Waals surface area contributed by atoms with Gasteiger partial charge in [0.15, 0.2) is 0 Å². The smallest absolute Gasteiger partial charge is 0.228 e. The third-order valence-electron chi connectivity index (χ3n) is 3.88. The lowest BCUT2D eigenvalue weighted by molar-refractivity contribution is -0.119. The van der Waals surface area contributed by atoms with Gasteiger partial charge in [0.25, 0.3) is 0 Å². The van der Waals surface area contributed by atoms with E-state index in [1.807, 2.05) is 16.7 Å². The second kappa shape index (κ2) is 7.47. The number of thioether (sulfide) groups is 1. The van der Waals surface area contributed by atoms with Crippen molar-refractivity contribution >= 4 is 35.8 Å². The number of anilines is 1. The van der Waals surface area contributed by atoms with Gasteiger partial charge in [-0.05, 0) is 36.6 Å². The Morgan fingerprint density at radius 2 is 2.33 bits per heavy atom. The predicted octanol–water partition coefficient (Wildman–Crippen LogP) is 2.62. The van der Waals surface area contributed by atoms with E-state index in [1.165, 1.54) is 6.07 Å². The number of halogens is 2. The summed E-state index contributed by atoms with van der Waals surface area (Å²) >= 11 is 1.90. The van der Waals surface area contributed by atoms with Crippen molar-refractivity contribution < 1.29 is 9.18 Å². The maximum atomic E-state index is 13.3. The van der Waals surface area contributed by atoms with Gasteiger partial charge in [0, 0.05) is 42.7 Å². The number of rotatable bonds is 2. The second-order valence-electron chi connectivity index (χ2n) is 5.35. The summed E-state index contributed by atoms with van der Waals surface area (Å²) in [4.78, 5) is 14.3. The lowest BCUT2D eigenvalue weighted by Gasteiger charge is -2.31. The summed E-state index contributed by atoms with van der Waals surface area (Å²) in [5.74, 6) is 2.05. The fourth-order valence-corrected chi connectivity index (χ4v) is 3.85. The molecule has 116 valence electrons. The van der Waals surface area contributed by atoms with Crippen molar-refractivity contribution in [2.75, 3.05) is 29.5 Å². The van der Waals surface area contributed by atoms with Crippen molar-refractivity contribution in [2.24, 2.45) is 0 Å². The third-order valence-corrected chi connectivity index (χ3v) is 5.01. The van der Waals surface area contributed by atoms with E-state index in [0.29, 0.717) is 6.42 Å². The quantitative estimate of drug-likeness (QED) is 0.904.